The van der Waals surface area contributed by atoms with E-state index in [1.165, 1.54) is 57.8 Å². The number of carbonyl (C=O) groups is 1. The summed E-state index contributed by atoms with van der Waals surface area (Å²) < 4.78 is 0. The van der Waals surface area contributed by atoms with E-state index < -0.39 is 0 Å². The van der Waals surface area contributed by atoms with Gasteiger partial charge >= 0.3 is 0 Å². The Hall–Kier alpha value is -0.570. The van der Waals surface area contributed by atoms with Gasteiger partial charge in [-0.15, -0.1) is 0 Å². The highest BCUT2D eigenvalue weighted by atomic mass is 16.2. The molecule has 1 amide bonds. The molecule has 1 N–H and O–H groups in total. The fourth-order valence-corrected chi connectivity index (χ4v) is 3.80. The van der Waals surface area contributed by atoms with E-state index in [1.807, 2.05) is 6.92 Å². The fraction of sp³-hybridized carbons (Fsp3) is 0.941. The molecule has 1 saturated carbocycles. The fourth-order valence-electron chi connectivity index (χ4n) is 3.80. The van der Waals surface area contributed by atoms with Gasteiger partial charge in [-0.1, -0.05) is 25.7 Å². The SMILES string of the molecule is CC(N[C@H](C)C1CCCCCC1)C(=O)N1CCCCC1. The Kier molecular flexibility index (Phi) is 6.34. The molecule has 2 aliphatic rings. The minimum absolute atomic E-state index is 0.0219. The lowest BCUT2D eigenvalue weighted by Crippen LogP contribution is -2.50. The molecule has 0 spiro atoms. The molecule has 116 valence electrons. The zero-order chi connectivity index (χ0) is 14.4. The van der Waals surface area contributed by atoms with Crippen molar-refractivity contribution < 1.29 is 4.79 Å². The topological polar surface area (TPSA) is 32.3 Å². The van der Waals surface area contributed by atoms with Gasteiger partial charge in [0, 0.05) is 19.1 Å². The van der Waals surface area contributed by atoms with E-state index in [9.17, 15) is 4.79 Å². The third-order valence-corrected chi connectivity index (χ3v) is 5.16. The third kappa shape index (κ3) is 4.47. The van der Waals surface area contributed by atoms with Crippen LogP contribution in [0.1, 0.15) is 71.6 Å². The Morgan fingerprint density at radius 2 is 1.50 bits per heavy atom. The van der Waals surface area contributed by atoms with Gasteiger partial charge in [-0.25, -0.2) is 0 Å². The van der Waals surface area contributed by atoms with Gasteiger partial charge in [0.15, 0.2) is 0 Å². The highest BCUT2D eigenvalue weighted by Crippen LogP contribution is 2.25. The Balaban J connectivity index is 1.79. The molecule has 1 heterocycles. The smallest absolute Gasteiger partial charge is 0.239 e. The van der Waals surface area contributed by atoms with E-state index in [0.717, 1.165) is 19.0 Å². The average molecular weight is 280 g/mol. The second-order valence-corrected chi connectivity index (χ2v) is 6.81. The molecule has 2 fully saturated rings. The summed E-state index contributed by atoms with van der Waals surface area (Å²) in [6, 6.07) is 0.447. The molecule has 0 aromatic rings. The molecule has 0 radical (unpaired) electrons. The minimum atomic E-state index is -0.0219. The quantitative estimate of drug-likeness (QED) is 0.801. The molecule has 2 rings (SSSR count). The molecule has 0 aromatic heterocycles. The molecular weight excluding hydrogens is 248 g/mol. The monoisotopic (exact) mass is 280 g/mol. The first-order chi connectivity index (χ1) is 9.68. The number of nitrogens with one attached hydrogen (secondary N) is 1. The average Bonchev–Trinajstić information content (AvgIpc) is 2.76. The zero-order valence-corrected chi connectivity index (χ0v) is 13.4. The van der Waals surface area contributed by atoms with Gasteiger partial charge in [0.05, 0.1) is 6.04 Å². The molecule has 1 saturated heterocycles. The van der Waals surface area contributed by atoms with Crippen LogP contribution < -0.4 is 5.32 Å². The predicted molar refractivity (Wildman–Crippen MR) is 83.7 cm³/mol. The zero-order valence-electron chi connectivity index (χ0n) is 13.4. The van der Waals surface area contributed by atoms with Gasteiger partial charge < -0.3 is 10.2 Å². The highest BCUT2D eigenvalue weighted by molar-refractivity contribution is 5.81. The van der Waals surface area contributed by atoms with Crippen LogP contribution in [0.2, 0.25) is 0 Å². The molecule has 2 atom stereocenters. The van der Waals surface area contributed by atoms with E-state index in [1.54, 1.807) is 0 Å². The molecular formula is C17H32N2O. The molecule has 0 aromatic carbocycles. The van der Waals surface area contributed by atoms with Gasteiger partial charge in [0.25, 0.3) is 0 Å². The van der Waals surface area contributed by atoms with E-state index in [0.29, 0.717) is 11.9 Å². The van der Waals surface area contributed by atoms with Crippen molar-refractivity contribution in [3.05, 3.63) is 0 Å². The Bertz CT molecular complexity index is 291. The summed E-state index contributed by atoms with van der Waals surface area (Å²) in [6.45, 7) is 6.24. The summed E-state index contributed by atoms with van der Waals surface area (Å²) in [6.07, 6.45) is 11.8. The summed E-state index contributed by atoms with van der Waals surface area (Å²) in [4.78, 5) is 14.5. The van der Waals surface area contributed by atoms with Gasteiger partial charge in [-0.2, -0.15) is 0 Å². The lowest BCUT2D eigenvalue weighted by atomic mass is 9.92. The standard InChI is InChI=1S/C17H32N2O/c1-14(16-10-6-3-4-7-11-16)18-15(2)17(20)19-12-8-5-9-13-19/h14-16,18H,3-13H2,1-2H3/t14-,15?/m1/s1. The van der Waals surface area contributed by atoms with Crippen LogP contribution in [0.15, 0.2) is 0 Å². The maximum atomic E-state index is 12.4. The predicted octanol–water partition coefficient (Wildman–Crippen LogP) is 3.34. The van der Waals surface area contributed by atoms with Crippen LogP contribution >= 0.6 is 0 Å². The summed E-state index contributed by atoms with van der Waals surface area (Å²) >= 11 is 0. The number of hydrogen-bond donors (Lipinski definition) is 1. The van der Waals surface area contributed by atoms with Crippen LogP contribution in [-0.4, -0.2) is 36.0 Å². The number of piperidine rings is 1. The number of hydrogen-bond acceptors (Lipinski definition) is 2. The van der Waals surface area contributed by atoms with Crippen molar-refractivity contribution in [1.29, 1.82) is 0 Å². The Morgan fingerprint density at radius 1 is 0.950 bits per heavy atom. The number of rotatable bonds is 4. The second-order valence-electron chi connectivity index (χ2n) is 6.81. The van der Waals surface area contributed by atoms with Crippen molar-refractivity contribution in [1.82, 2.24) is 10.2 Å². The minimum Gasteiger partial charge on any atom is -0.341 e. The first kappa shape index (κ1) is 15.8. The largest absolute Gasteiger partial charge is 0.341 e. The number of nitrogens with zero attached hydrogens (tertiary/aromatic N) is 1. The first-order valence-electron chi connectivity index (χ1n) is 8.73. The van der Waals surface area contributed by atoms with E-state index >= 15 is 0 Å². The van der Waals surface area contributed by atoms with Gasteiger partial charge in [0.1, 0.15) is 0 Å². The summed E-state index contributed by atoms with van der Waals surface area (Å²) in [7, 11) is 0. The number of likely N-dealkylation sites (tertiary alicyclic amines) is 1. The summed E-state index contributed by atoms with van der Waals surface area (Å²) in [5, 5.41) is 3.58. The van der Waals surface area contributed by atoms with Crippen LogP contribution in [-0.2, 0) is 4.79 Å². The maximum absolute atomic E-state index is 12.4. The molecule has 3 heteroatoms. The number of carbonyl (C=O) groups excluding carboxylic acids is 1. The van der Waals surface area contributed by atoms with E-state index in [-0.39, 0.29) is 6.04 Å². The van der Waals surface area contributed by atoms with Crippen molar-refractivity contribution in [2.24, 2.45) is 5.92 Å². The molecule has 1 unspecified atom stereocenters. The molecule has 1 aliphatic heterocycles. The lowest BCUT2D eigenvalue weighted by molar-refractivity contribution is -0.134. The molecule has 20 heavy (non-hydrogen) atoms. The number of amides is 1. The van der Waals surface area contributed by atoms with Crippen molar-refractivity contribution in [3.8, 4) is 0 Å². The molecule has 3 nitrogen and oxygen atoms in total. The Morgan fingerprint density at radius 3 is 2.10 bits per heavy atom. The van der Waals surface area contributed by atoms with E-state index in [4.69, 9.17) is 0 Å². The van der Waals surface area contributed by atoms with Crippen LogP contribution in [0.25, 0.3) is 0 Å². The van der Waals surface area contributed by atoms with Crippen LogP contribution in [0, 0.1) is 5.92 Å². The van der Waals surface area contributed by atoms with Crippen LogP contribution in [0.5, 0.6) is 0 Å². The van der Waals surface area contributed by atoms with Gasteiger partial charge in [0.2, 0.25) is 5.91 Å². The van der Waals surface area contributed by atoms with E-state index in [2.05, 4.69) is 17.1 Å². The maximum Gasteiger partial charge on any atom is 0.239 e. The molecule has 0 bridgehead atoms. The molecule has 1 aliphatic carbocycles. The third-order valence-electron chi connectivity index (χ3n) is 5.16. The van der Waals surface area contributed by atoms with Crippen LogP contribution in [0.4, 0.5) is 0 Å². The Labute approximate surface area is 124 Å². The van der Waals surface area contributed by atoms with Crippen molar-refractivity contribution in [2.75, 3.05) is 13.1 Å². The first-order valence-corrected chi connectivity index (χ1v) is 8.73. The summed E-state index contributed by atoms with van der Waals surface area (Å²) in [5.41, 5.74) is 0. The van der Waals surface area contributed by atoms with Crippen molar-refractivity contribution in [3.63, 3.8) is 0 Å². The normalized spacial score (nSPS) is 25.0. The van der Waals surface area contributed by atoms with Gasteiger partial charge in [-0.05, 0) is 51.9 Å². The highest BCUT2D eigenvalue weighted by Gasteiger charge is 2.26. The second kappa shape index (κ2) is 8.02. The van der Waals surface area contributed by atoms with Crippen molar-refractivity contribution >= 4 is 5.91 Å². The summed E-state index contributed by atoms with van der Waals surface area (Å²) in [5.74, 6) is 1.07. The van der Waals surface area contributed by atoms with Crippen LogP contribution in [0.3, 0.4) is 0 Å². The van der Waals surface area contributed by atoms with Crippen molar-refractivity contribution in [2.45, 2.75) is 83.7 Å². The lowest BCUT2D eigenvalue weighted by Gasteiger charge is -2.32. The van der Waals surface area contributed by atoms with Gasteiger partial charge in [-0.3, -0.25) is 4.79 Å².